The minimum atomic E-state index is -1.32. The van der Waals surface area contributed by atoms with Crippen LogP contribution in [0.5, 0.6) is 0 Å². The number of para-hydroxylation sites is 1. The molecule has 7 nitrogen and oxygen atoms in total. The number of ether oxygens (including phenoxy) is 1. The molecule has 2 atom stereocenters. The van der Waals surface area contributed by atoms with E-state index in [1.807, 2.05) is 0 Å². The lowest BCUT2D eigenvalue weighted by Gasteiger charge is -2.39. The molecule has 2 aromatic rings. The molecule has 1 aliphatic heterocycles. The number of halogens is 3. The first kappa shape index (κ1) is 27.0. The molecule has 3 rings (SSSR count). The topological polar surface area (TPSA) is 87.7 Å². The summed E-state index contributed by atoms with van der Waals surface area (Å²) in [7, 11) is 0. The van der Waals surface area contributed by atoms with Crippen molar-refractivity contribution in [3.05, 3.63) is 65.0 Å². The molecule has 0 aliphatic carbocycles. The Balaban J connectivity index is 1.97. The Morgan fingerprint density at radius 1 is 1.06 bits per heavy atom. The van der Waals surface area contributed by atoms with E-state index in [-0.39, 0.29) is 18.9 Å². The Kier molecular flexibility index (Phi) is 7.96. The summed E-state index contributed by atoms with van der Waals surface area (Å²) in [6, 6.07) is 4.55. The average molecular weight is 506 g/mol. The maximum Gasteiger partial charge on any atom is 0.408 e. The van der Waals surface area contributed by atoms with Gasteiger partial charge in [0, 0.05) is 6.54 Å². The Morgan fingerprint density at radius 2 is 1.69 bits per heavy atom. The van der Waals surface area contributed by atoms with Crippen LogP contribution >= 0.6 is 0 Å². The molecule has 0 fully saturated rings. The van der Waals surface area contributed by atoms with Gasteiger partial charge in [-0.3, -0.25) is 9.59 Å². The molecule has 0 spiro atoms. The maximum atomic E-state index is 14.2. The number of rotatable bonds is 5. The van der Waals surface area contributed by atoms with Crippen LogP contribution in [0.15, 0.2) is 36.4 Å². The summed E-state index contributed by atoms with van der Waals surface area (Å²) in [5, 5.41) is 4.81. The van der Waals surface area contributed by atoms with Crippen molar-refractivity contribution >= 4 is 23.6 Å². The first-order valence-electron chi connectivity index (χ1n) is 11.6. The van der Waals surface area contributed by atoms with Gasteiger partial charge in [0.05, 0.1) is 0 Å². The standard InChI is InChI=1S/C26H30F3N3O4/c1-14(2)20(31-25(35)36-26(3,4)5)24(34)32-12-11-15-13-16(27)9-10-17(15)22(32)23(33)30-21-18(28)7-6-8-19(21)29/h6-10,13-14,20,22H,11-12H2,1-5H3,(H,30,33)(H,31,35)/t20?,22-/m0/s1. The first-order valence-corrected chi connectivity index (χ1v) is 11.6. The number of carbonyl (C=O) groups excluding carboxylic acids is 3. The molecule has 194 valence electrons. The van der Waals surface area contributed by atoms with E-state index in [0.717, 1.165) is 24.3 Å². The van der Waals surface area contributed by atoms with Crippen LogP contribution in [-0.4, -0.2) is 41.0 Å². The fourth-order valence-corrected chi connectivity index (χ4v) is 4.05. The summed E-state index contributed by atoms with van der Waals surface area (Å²) in [4.78, 5) is 40.7. The second-order valence-corrected chi connectivity index (χ2v) is 9.98. The van der Waals surface area contributed by atoms with E-state index in [0.29, 0.717) is 11.1 Å². The highest BCUT2D eigenvalue weighted by Crippen LogP contribution is 2.33. The lowest BCUT2D eigenvalue weighted by Crippen LogP contribution is -2.55. The van der Waals surface area contributed by atoms with E-state index >= 15 is 0 Å². The predicted molar refractivity (Wildman–Crippen MR) is 128 cm³/mol. The van der Waals surface area contributed by atoms with Crippen molar-refractivity contribution in [2.24, 2.45) is 5.92 Å². The number of nitrogens with zero attached hydrogens (tertiary/aromatic N) is 1. The van der Waals surface area contributed by atoms with Crippen LogP contribution in [0.2, 0.25) is 0 Å². The number of alkyl carbamates (subject to hydrolysis) is 1. The van der Waals surface area contributed by atoms with Gasteiger partial charge in [-0.2, -0.15) is 0 Å². The Morgan fingerprint density at radius 3 is 2.28 bits per heavy atom. The molecule has 0 saturated carbocycles. The van der Waals surface area contributed by atoms with Crippen molar-refractivity contribution in [2.45, 2.75) is 58.7 Å². The normalized spacial score (nSPS) is 16.2. The van der Waals surface area contributed by atoms with Gasteiger partial charge in [-0.05, 0) is 68.5 Å². The molecular weight excluding hydrogens is 475 g/mol. The van der Waals surface area contributed by atoms with Crippen LogP contribution in [0.3, 0.4) is 0 Å². The monoisotopic (exact) mass is 505 g/mol. The van der Waals surface area contributed by atoms with Gasteiger partial charge in [0.15, 0.2) is 0 Å². The van der Waals surface area contributed by atoms with E-state index in [9.17, 15) is 27.6 Å². The molecule has 2 aromatic carbocycles. The predicted octanol–water partition coefficient (Wildman–Crippen LogP) is 4.72. The van der Waals surface area contributed by atoms with Gasteiger partial charge in [-0.15, -0.1) is 0 Å². The summed E-state index contributed by atoms with van der Waals surface area (Å²) in [6.45, 7) is 8.51. The first-order chi connectivity index (χ1) is 16.8. The number of anilines is 1. The molecule has 0 aromatic heterocycles. The highest BCUT2D eigenvalue weighted by Gasteiger charge is 2.40. The average Bonchev–Trinajstić information content (AvgIpc) is 2.77. The fourth-order valence-electron chi connectivity index (χ4n) is 4.05. The summed E-state index contributed by atoms with van der Waals surface area (Å²) in [6.07, 6.45) is -0.558. The molecule has 0 saturated heterocycles. The van der Waals surface area contributed by atoms with E-state index < -0.39 is 58.7 Å². The molecule has 10 heteroatoms. The van der Waals surface area contributed by atoms with Crippen molar-refractivity contribution in [3.63, 3.8) is 0 Å². The number of amides is 3. The maximum absolute atomic E-state index is 14.2. The zero-order valence-corrected chi connectivity index (χ0v) is 20.8. The Bertz CT molecular complexity index is 1140. The quantitative estimate of drug-likeness (QED) is 0.616. The minimum absolute atomic E-state index is 0.0202. The van der Waals surface area contributed by atoms with Crippen LogP contribution in [0.4, 0.5) is 23.7 Å². The van der Waals surface area contributed by atoms with E-state index in [2.05, 4.69) is 10.6 Å². The molecule has 1 aliphatic rings. The van der Waals surface area contributed by atoms with Crippen LogP contribution in [-0.2, 0) is 20.7 Å². The molecule has 1 unspecified atom stereocenters. The van der Waals surface area contributed by atoms with Crippen molar-refractivity contribution in [3.8, 4) is 0 Å². The number of hydrogen-bond donors (Lipinski definition) is 2. The lowest BCUT2D eigenvalue weighted by molar-refractivity contribution is -0.142. The zero-order valence-electron chi connectivity index (χ0n) is 20.8. The number of hydrogen-bond acceptors (Lipinski definition) is 4. The smallest absolute Gasteiger partial charge is 0.408 e. The zero-order chi connectivity index (χ0) is 26.8. The van der Waals surface area contributed by atoms with Crippen molar-refractivity contribution in [2.75, 3.05) is 11.9 Å². The summed E-state index contributed by atoms with van der Waals surface area (Å²) in [5.41, 5.74) is -0.634. The number of benzene rings is 2. The van der Waals surface area contributed by atoms with Gasteiger partial charge < -0.3 is 20.3 Å². The third-order valence-corrected chi connectivity index (χ3v) is 5.68. The second-order valence-electron chi connectivity index (χ2n) is 9.98. The minimum Gasteiger partial charge on any atom is -0.444 e. The van der Waals surface area contributed by atoms with E-state index in [1.54, 1.807) is 34.6 Å². The molecule has 2 N–H and O–H groups in total. The molecule has 36 heavy (non-hydrogen) atoms. The van der Waals surface area contributed by atoms with Gasteiger partial charge in [-0.25, -0.2) is 18.0 Å². The third-order valence-electron chi connectivity index (χ3n) is 5.68. The number of nitrogens with one attached hydrogen (secondary N) is 2. The molecule has 0 bridgehead atoms. The van der Waals surface area contributed by atoms with Crippen LogP contribution in [0, 0.1) is 23.4 Å². The number of fused-ring (bicyclic) bond motifs is 1. The Labute approximate surface area is 208 Å². The van der Waals surface area contributed by atoms with E-state index in [1.165, 1.54) is 17.0 Å². The highest BCUT2D eigenvalue weighted by atomic mass is 19.1. The van der Waals surface area contributed by atoms with Crippen molar-refractivity contribution < 1.29 is 32.3 Å². The largest absolute Gasteiger partial charge is 0.444 e. The molecule has 3 amide bonds. The van der Waals surface area contributed by atoms with Gasteiger partial charge in [-0.1, -0.05) is 26.0 Å². The van der Waals surface area contributed by atoms with Crippen LogP contribution in [0.25, 0.3) is 0 Å². The summed E-state index contributed by atoms with van der Waals surface area (Å²) < 4.78 is 47.7. The van der Waals surface area contributed by atoms with Gasteiger partial charge in [0.2, 0.25) is 5.91 Å². The SMILES string of the molecule is CC(C)C(NC(=O)OC(C)(C)C)C(=O)N1CCc2cc(F)ccc2[C@H]1C(=O)Nc1c(F)cccc1F. The van der Waals surface area contributed by atoms with Crippen molar-refractivity contribution in [1.29, 1.82) is 0 Å². The van der Waals surface area contributed by atoms with Crippen LogP contribution in [0.1, 0.15) is 51.8 Å². The number of carbonyl (C=O) groups is 3. The lowest BCUT2D eigenvalue weighted by atomic mass is 9.90. The van der Waals surface area contributed by atoms with Gasteiger partial charge in [0.25, 0.3) is 5.91 Å². The van der Waals surface area contributed by atoms with Crippen molar-refractivity contribution in [1.82, 2.24) is 10.2 Å². The fraction of sp³-hybridized carbons (Fsp3) is 0.423. The molecular formula is C26H30F3N3O4. The van der Waals surface area contributed by atoms with E-state index in [4.69, 9.17) is 4.74 Å². The Hall–Kier alpha value is -3.56. The van der Waals surface area contributed by atoms with Gasteiger partial charge >= 0.3 is 6.09 Å². The van der Waals surface area contributed by atoms with Crippen LogP contribution < -0.4 is 10.6 Å². The third kappa shape index (κ3) is 6.16. The summed E-state index contributed by atoms with van der Waals surface area (Å²) >= 11 is 0. The highest BCUT2D eigenvalue weighted by molar-refractivity contribution is 5.99. The van der Waals surface area contributed by atoms with Gasteiger partial charge in [0.1, 0.15) is 40.8 Å². The molecule has 1 heterocycles. The molecule has 0 radical (unpaired) electrons. The summed E-state index contributed by atoms with van der Waals surface area (Å²) in [5.74, 6) is -4.32. The second kappa shape index (κ2) is 10.6.